The SMILES string of the molecule is CC(C)[Si](C#Cc1c(CC2CCCCC2)n2c(=O)cccc2c2ccccc12)(C(C)C)C(C)C. The molecule has 0 radical (unpaired) electrons. The van der Waals surface area contributed by atoms with Gasteiger partial charge in [0.25, 0.3) is 5.56 Å². The second-order valence-electron chi connectivity index (χ2n) is 11.3. The molecule has 2 aromatic heterocycles. The summed E-state index contributed by atoms with van der Waals surface area (Å²) in [6, 6.07) is 14.3. The maximum Gasteiger partial charge on any atom is 0.255 e. The van der Waals surface area contributed by atoms with Crippen LogP contribution in [0.5, 0.6) is 0 Å². The summed E-state index contributed by atoms with van der Waals surface area (Å²) in [6.45, 7) is 14.2. The fourth-order valence-corrected chi connectivity index (χ4v) is 12.0. The van der Waals surface area contributed by atoms with Crippen molar-refractivity contribution in [3.63, 3.8) is 0 Å². The summed E-state index contributed by atoms with van der Waals surface area (Å²) in [5.41, 5.74) is 9.03. The molecule has 1 fully saturated rings. The third-order valence-electron chi connectivity index (χ3n) is 8.46. The number of pyridine rings is 2. The zero-order chi connectivity index (χ0) is 24.5. The van der Waals surface area contributed by atoms with E-state index in [1.807, 2.05) is 10.5 Å². The molecule has 2 heterocycles. The molecule has 0 spiro atoms. The van der Waals surface area contributed by atoms with Crippen LogP contribution in [0.1, 0.15) is 84.9 Å². The predicted octanol–water partition coefficient (Wildman–Crippen LogP) is 8.15. The fourth-order valence-electron chi connectivity index (χ4n) is 6.77. The number of hydrogen-bond acceptors (Lipinski definition) is 1. The quantitative estimate of drug-likeness (QED) is 0.209. The van der Waals surface area contributed by atoms with E-state index in [1.54, 1.807) is 6.07 Å². The van der Waals surface area contributed by atoms with Gasteiger partial charge in [-0.25, -0.2) is 0 Å². The molecule has 0 saturated heterocycles. The average molecular weight is 472 g/mol. The van der Waals surface area contributed by atoms with Crippen LogP contribution in [0.25, 0.3) is 16.3 Å². The zero-order valence-electron chi connectivity index (χ0n) is 21.9. The Morgan fingerprint density at radius 3 is 2.09 bits per heavy atom. The van der Waals surface area contributed by atoms with Crippen LogP contribution in [0, 0.1) is 17.4 Å². The van der Waals surface area contributed by atoms with Gasteiger partial charge >= 0.3 is 0 Å². The van der Waals surface area contributed by atoms with Crippen molar-refractivity contribution in [2.45, 2.75) is 96.7 Å². The smallest absolute Gasteiger partial charge is 0.255 e. The van der Waals surface area contributed by atoms with Gasteiger partial charge in [0, 0.05) is 22.5 Å². The van der Waals surface area contributed by atoms with Crippen LogP contribution in [0.15, 0.2) is 47.3 Å². The van der Waals surface area contributed by atoms with E-state index in [2.05, 4.69) is 83.3 Å². The molecular weight excluding hydrogens is 430 g/mol. The molecule has 34 heavy (non-hydrogen) atoms. The zero-order valence-corrected chi connectivity index (χ0v) is 22.9. The number of rotatable bonds is 5. The number of benzene rings is 1. The maximum atomic E-state index is 13.3. The van der Waals surface area contributed by atoms with Crippen molar-refractivity contribution in [2.24, 2.45) is 5.92 Å². The van der Waals surface area contributed by atoms with Crippen LogP contribution in [-0.2, 0) is 6.42 Å². The van der Waals surface area contributed by atoms with E-state index < -0.39 is 8.07 Å². The first-order chi connectivity index (χ1) is 16.3. The molecule has 0 unspecified atom stereocenters. The Labute approximate surface area is 206 Å². The van der Waals surface area contributed by atoms with E-state index in [1.165, 1.54) is 37.5 Å². The summed E-state index contributed by atoms with van der Waals surface area (Å²) >= 11 is 0. The highest BCUT2D eigenvalue weighted by atomic mass is 28.3. The Morgan fingerprint density at radius 2 is 1.47 bits per heavy atom. The average Bonchev–Trinajstić information content (AvgIpc) is 2.81. The molecule has 0 N–H and O–H groups in total. The molecule has 0 aliphatic heterocycles. The lowest BCUT2D eigenvalue weighted by atomic mass is 9.84. The lowest BCUT2D eigenvalue weighted by molar-refractivity contribution is 0.353. The molecule has 2 nitrogen and oxygen atoms in total. The van der Waals surface area contributed by atoms with Crippen molar-refractivity contribution < 1.29 is 0 Å². The van der Waals surface area contributed by atoms with Gasteiger partial charge < -0.3 is 0 Å². The van der Waals surface area contributed by atoms with Crippen LogP contribution in [0.4, 0.5) is 0 Å². The Morgan fingerprint density at radius 1 is 0.853 bits per heavy atom. The van der Waals surface area contributed by atoms with Crippen molar-refractivity contribution in [3.8, 4) is 11.5 Å². The Kier molecular flexibility index (Phi) is 7.38. The standard InChI is InChI=1S/C31H41NOSi/c1-22(2)34(23(3)4,24(5)6)20-19-28-26-15-10-11-16-27(26)29-17-12-18-31(33)32(29)30(28)21-25-13-8-7-9-14-25/h10-12,15-18,22-25H,7-9,13-14,21H2,1-6H3. The molecule has 0 atom stereocenters. The molecule has 180 valence electrons. The second-order valence-corrected chi connectivity index (χ2v) is 16.9. The van der Waals surface area contributed by atoms with E-state index in [9.17, 15) is 4.79 Å². The molecule has 4 rings (SSSR count). The minimum absolute atomic E-state index is 0.0669. The molecule has 3 heteroatoms. The van der Waals surface area contributed by atoms with Crippen molar-refractivity contribution in [3.05, 3.63) is 64.1 Å². The summed E-state index contributed by atoms with van der Waals surface area (Å²) in [5, 5.41) is 2.33. The molecule has 0 amide bonds. The molecular formula is C31H41NOSi. The minimum Gasteiger partial charge on any atom is -0.279 e. The van der Waals surface area contributed by atoms with Crippen LogP contribution in [0.3, 0.4) is 0 Å². The van der Waals surface area contributed by atoms with Crippen molar-refractivity contribution in [2.75, 3.05) is 0 Å². The monoisotopic (exact) mass is 471 g/mol. The molecule has 3 aromatic rings. The molecule has 1 aliphatic rings. The normalized spacial score (nSPS) is 15.4. The van der Waals surface area contributed by atoms with E-state index in [0.29, 0.717) is 22.5 Å². The fraction of sp³-hybridized carbons (Fsp3) is 0.516. The van der Waals surface area contributed by atoms with Crippen LogP contribution < -0.4 is 5.56 Å². The Bertz CT molecular complexity index is 1260. The van der Waals surface area contributed by atoms with Gasteiger partial charge in [0.1, 0.15) is 8.07 Å². The van der Waals surface area contributed by atoms with E-state index >= 15 is 0 Å². The third-order valence-corrected chi connectivity index (χ3v) is 14.8. The van der Waals surface area contributed by atoms with Crippen molar-refractivity contribution in [1.29, 1.82) is 0 Å². The van der Waals surface area contributed by atoms with E-state index in [0.717, 1.165) is 28.6 Å². The van der Waals surface area contributed by atoms with Gasteiger partial charge in [-0.2, -0.15) is 0 Å². The Balaban J connectivity index is 2.06. The molecule has 1 aromatic carbocycles. The largest absolute Gasteiger partial charge is 0.279 e. The molecule has 0 bridgehead atoms. The second kappa shape index (κ2) is 10.1. The van der Waals surface area contributed by atoms with Crippen LogP contribution >= 0.6 is 0 Å². The topological polar surface area (TPSA) is 21.5 Å². The molecule has 1 aliphatic carbocycles. The van der Waals surface area contributed by atoms with Gasteiger partial charge in [0.2, 0.25) is 0 Å². The van der Waals surface area contributed by atoms with Gasteiger partial charge in [-0.05, 0) is 35.0 Å². The highest BCUT2D eigenvalue weighted by Gasteiger charge is 2.41. The minimum atomic E-state index is -1.90. The summed E-state index contributed by atoms with van der Waals surface area (Å²) < 4.78 is 1.99. The predicted molar refractivity (Wildman–Crippen MR) is 149 cm³/mol. The number of hydrogen-bond donors (Lipinski definition) is 0. The molecule has 1 saturated carbocycles. The van der Waals surface area contributed by atoms with Gasteiger partial charge in [-0.1, -0.05) is 110 Å². The van der Waals surface area contributed by atoms with Gasteiger partial charge in [-0.3, -0.25) is 9.20 Å². The summed E-state index contributed by atoms with van der Waals surface area (Å²) in [5.74, 6) is 4.43. The number of nitrogens with zero attached hydrogens (tertiary/aromatic N) is 1. The highest BCUT2D eigenvalue weighted by Crippen LogP contribution is 2.41. The van der Waals surface area contributed by atoms with E-state index in [4.69, 9.17) is 0 Å². The number of aromatic nitrogens is 1. The summed E-state index contributed by atoms with van der Waals surface area (Å²) in [4.78, 5) is 13.3. The van der Waals surface area contributed by atoms with Gasteiger partial charge in [-0.15, -0.1) is 5.54 Å². The lowest BCUT2D eigenvalue weighted by Crippen LogP contribution is -2.43. The third kappa shape index (κ3) is 4.38. The first-order valence-electron chi connectivity index (χ1n) is 13.4. The first kappa shape index (κ1) is 24.8. The summed E-state index contributed by atoms with van der Waals surface area (Å²) in [7, 11) is -1.90. The lowest BCUT2D eigenvalue weighted by Gasteiger charge is -2.38. The van der Waals surface area contributed by atoms with Crippen molar-refractivity contribution >= 4 is 24.4 Å². The van der Waals surface area contributed by atoms with Crippen LogP contribution in [0.2, 0.25) is 16.6 Å². The van der Waals surface area contributed by atoms with Gasteiger partial charge in [0.05, 0.1) is 11.1 Å². The maximum absolute atomic E-state index is 13.3. The Hall–Kier alpha value is -2.31. The summed E-state index contributed by atoms with van der Waals surface area (Å²) in [6.07, 6.45) is 7.39. The van der Waals surface area contributed by atoms with Crippen LogP contribution in [-0.4, -0.2) is 12.5 Å². The van der Waals surface area contributed by atoms with Crippen molar-refractivity contribution in [1.82, 2.24) is 4.40 Å². The highest BCUT2D eigenvalue weighted by molar-refractivity contribution is 6.90. The van der Waals surface area contributed by atoms with E-state index in [-0.39, 0.29) is 5.56 Å². The number of fused-ring (bicyclic) bond motifs is 3. The first-order valence-corrected chi connectivity index (χ1v) is 15.6. The van der Waals surface area contributed by atoms with Gasteiger partial charge in [0.15, 0.2) is 0 Å².